The minimum absolute atomic E-state index is 0.116. The molecule has 3 N–H and O–H groups in total. The SMILES string of the molecule is C=C(/C=C\C)C(=NC)O[C@@H]1C[C@H]2C(=O)N[C@]3(C(=O)NS(=O)(=O)C4(C)CC4)C[C@H]3CCCCCCC[C@H](Nc3cccc(OC)c3)C(=O)N2C1. The number of benzene rings is 1. The number of methoxy groups -OCH3 is 1. The molecule has 0 bridgehead atoms. The zero-order chi connectivity index (χ0) is 35.4. The number of aliphatic imine (C=N–C) groups is 1. The van der Waals surface area contributed by atoms with Crippen molar-refractivity contribution in [1.82, 2.24) is 14.9 Å². The van der Waals surface area contributed by atoms with Crippen molar-refractivity contribution >= 4 is 39.3 Å². The number of carbonyl (C=O) groups excluding carboxylic acids is 3. The topological polar surface area (TPSA) is 155 Å². The van der Waals surface area contributed by atoms with Crippen molar-refractivity contribution in [3.63, 3.8) is 0 Å². The van der Waals surface area contributed by atoms with Crippen LogP contribution < -0.4 is 20.1 Å². The van der Waals surface area contributed by atoms with Crippen LogP contribution in [0, 0.1) is 5.92 Å². The third-order valence-electron chi connectivity index (χ3n) is 10.4. The number of hydrogen-bond acceptors (Lipinski definition) is 9. The number of anilines is 1. The summed E-state index contributed by atoms with van der Waals surface area (Å²) in [5, 5.41) is 6.37. The van der Waals surface area contributed by atoms with Crippen LogP contribution in [-0.4, -0.2) is 86.1 Å². The highest BCUT2D eigenvalue weighted by Crippen LogP contribution is 2.49. The van der Waals surface area contributed by atoms with Crippen molar-refractivity contribution in [2.24, 2.45) is 10.9 Å². The highest BCUT2D eigenvalue weighted by atomic mass is 32.2. The number of fused-ring (bicyclic) bond motifs is 2. The first kappa shape index (κ1) is 36.4. The number of nitrogens with one attached hydrogen (secondary N) is 3. The molecule has 1 aromatic carbocycles. The molecule has 0 spiro atoms. The predicted molar refractivity (Wildman–Crippen MR) is 189 cm³/mol. The minimum atomic E-state index is -3.92. The average Bonchev–Trinajstić information content (AvgIpc) is 3.95. The molecular weight excluding hydrogens is 646 g/mol. The van der Waals surface area contributed by atoms with E-state index in [9.17, 15) is 22.8 Å². The van der Waals surface area contributed by atoms with Gasteiger partial charge in [0.1, 0.15) is 29.5 Å². The lowest BCUT2D eigenvalue weighted by atomic mass is 10.0. The molecule has 1 aromatic rings. The Hall–Kier alpha value is -3.87. The molecule has 0 radical (unpaired) electrons. The van der Waals surface area contributed by atoms with Crippen LogP contribution in [0.2, 0.25) is 0 Å². The van der Waals surface area contributed by atoms with Crippen molar-refractivity contribution in [3.8, 4) is 5.75 Å². The molecule has 2 aliphatic carbocycles. The lowest BCUT2D eigenvalue weighted by molar-refractivity contribution is -0.140. The van der Waals surface area contributed by atoms with Crippen LogP contribution in [0.5, 0.6) is 5.75 Å². The molecule has 3 amide bonds. The van der Waals surface area contributed by atoms with Gasteiger partial charge in [-0.3, -0.25) is 24.1 Å². The first-order chi connectivity index (χ1) is 23.4. The zero-order valence-electron chi connectivity index (χ0n) is 29.1. The number of nitrogens with zero attached hydrogens (tertiary/aromatic N) is 2. The van der Waals surface area contributed by atoms with Gasteiger partial charge in [-0.15, -0.1) is 0 Å². The fraction of sp³-hybridized carbons (Fsp3) is 0.611. The van der Waals surface area contributed by atoms with E-state index in [0.29, 0.717) is 55.0 Å². The summed E-state index contributed by atoms with van der Waals surface area (Å²) in [6.45, 7) is 7.63. The number of rotatable bonds is 9. The maximum absolute atomic E-state index is 14.5. The molecule has 4 aliphatic rings. The van der Waals surface area contributed by atoms with Crippen LogP contribution in [-0.2, 0) is 29.1 Å². The number of hydrogen-bond donors (Lipinski definition) is 3. The average molecular weight is 698 g/mol. The highest BCUT2D eigenvalue weighted by molar-refractivity contribution is 7.91. The predicted octanol–water partition coefficient (Wildman–Crippen LogP) is 4.24. The second-order valence-corrected chi connectivity index (χ2v) is 16.3. The molecule has 5 atom stereocenters. The van der Waals surface area contributed by atoms with E-state index in [4.69, 9.17) is 9.47 Å². The Labute approximate surface area is 290 Å². The summed E-state index contributed by atoms with van der Waals surface area (Å²) in [5.41, 5.74) is -0.0870. The van der Waals surface area contributed by atoms with Crippen LogP contribution in [0.15, 0.2) is 53.6 Å². The van der Waals surface area contributed by atoms with Gasteiger partial charge in [-0.2, -0.15) is 0 Å². The van der Waals surface area contributed by atoms with Crippen LogP contribution in [0.25, 0.3) is 0 Å². The molecule has 2 saturated heterocycles. The summed E-state index contributed by atoms with van der Waals surface area (Å²) in [7, 11) is -0.740. The fourth-order valence-electron chi connectivity index (χ4n) is 6.97. The first-order valence-electron chi connectivity index (χ1n) is 17.4. The van der Waals surface area contributed by atoms with Crippen molar-refractivity contribution in [2.75, 3.05) is 26.0 Å². The lowest BCUT2D eigenvalue weighted by Gasteiger charge is -2.30. The van der Waals surface area contributed by atoms with Gasteiger partial charge in [-0.1, -0.05) is 56.9 Å². The van der Waals surface area contributed by atoms with Crippen molar-refractivity contribution in [1.29, 1.82) is 0 Å². The van der Waals surface area contributed by atoms with Crippen LogP contribution in [0.4, 0.5) is 5.69 Å². The van der Waals surface area contributed by atoms with E-state index in [0.717, 1.165) is 32.1 Å². The molecular formula is C36H51N5O7S. The van der Waals surface area contributed by atoms with Gasteiger partial charge in [0.05, 0.1) is 18.4 Å². The number of carbonyl (C=O) groups is 3. The van der Waals surface area contributed by atoms with E-state index in [2.05, 4.69) is 26.9 Å². The van der Waals surface area contributed by atoms with Crippen LogP contribution >= 0.6 is 0 Å². The van der Waals surface area contributed by atoms with Crippen molar-refractivity contribution in [3.05, 3.63) is 48.6 Å². The summed E-state index contributed by atoms with van der Waals surface area (Å²) < 4.78 is 39.2. The molecule has 268 valence electrons. The summed E-state index contributed by atoms with van der Waals surface area (Å²) in [4.78, 5) is 48.4. The lowest BCUT2D eigenvalue weighted by Crippen LogP contribution is -2.58. The maximum atomic E-state index is 14.5. The Morgan fingerprint density at radius 1 is 1.14 bits per heavy atom. The number of ether oxygens (including phenoxy) is 2. The molecule has 12 nitrogen and oxygen atoms in total. The van der Waals surface area contributed by atoms with E-state index in [1.54, 1.807) is 27.2 Å². The molecule has 49 heavy (non-hydrogen) atoms. The quantitative estimate of drug-likeness (QED) is 0.197. The van der Waals surface area contributed by atoms with Crippen molar-refractivity contribution in [2.45, 2.75) is 113 Å². The number of amides is 3. The third kappa shape index (κ3) is 8.13. The maximum Gasteiger partial charge on any atom is 0.259 e. The van der Waals surface area contributed by atoms with Gasteiger partial charge in [0, 0.05) is 30.8 Å². The van der Waals surface area contributed by atoms with Gasteiger partial charge >= 0.3 is 0 Å². The van der Waals surface area contributed by atoms with E-state index in [-0.39, 0.29) is 24.8 Å². The molecule has 2 heterocycles. The van der Waals surface area contributed by atoms with Crippen LogP contribution in [0.1, 0.15) is 84.5 Å². The monoisotopic (exact) mass is 697 g/mol. The second-order valence-electron chi connectivity index (χ2n) is 14.1. The Morgan fingerprint density at radius 2 is 1.86 bits per heavy atom. The standard InChI is InChI=1S/C36H51N5O7S/c1-6-13-24(2)32(37-4)48-28-21-30-31(42)39-36(34(44)40-49(45,46)35(3)18-19-35)22-25(36)14-10-8-7-9-11-17-29(33(43)41(30)23-28)38-26-15-12-16-27(20-26)47-5/h6,12-13,15-16,20,25,28-30,38H,2,7-11,14,17-19,21-23H2,1,3-5H3,(H,39,42)(H,40,44)/b13-6-,37-32?/t25-,28-,29+,30+,36-/m1/s1. The van der Waals surface area contributed by atoms with Gasteiger partial charge in [-0.25, -0.2) is 8.42 Å². The highest BCUT2D eigenvalue weighted by Gasteiger charge is 2.63. The second kappa shape index (κ2) is 14.9. The normalized spacial score (nSPS) is 29.1. The number of allylic oxidation sites excluding steroid dienone is 1. The van der Waals surface area contributed by atoms with E-state index in [1.165, 1.54) is 4.90 Å². The Morgan fingerprint density at radius 3 is 2.53 bits per heavy atom. The van der Waals surface area contributed by atoms with E-state index < -0.39 is 50.3 Å². The first-order valence-corrected chi connectivity index (χ1v) is 18.9. The smallest absolute Gasteiger partial charge is 0.259 e. The van der Waals surface area contributed by atoms with Gasteiger partial charge in [0.25, 0.3) is 5.91 Å². The van der Waals surface area contributed by atoms with E-state index >= 15 is 0 Å². The molecule has 0 unspecified atom stereocenters. The van der Waals surface area contributed by atoms with Crippen molar-refractivity contribution < 1.29 is 32.3 Å². The van der Waals surface area contributed by atoms with Gasteiger partial charge < -0.3 is 25.0 Å². The van der Waals surface area contributed by atoms with Gasteiger partial charge in [0.2, 0.25) is 27.7 Å². The summed E-state index contributed by atoms with van der Waals surface area (Å²) in [5.74, 6) is -0.721. The summed E-state index contributed by atoms with van der Waals surface area (Å²) >= 11 is 0. The number of sulfonamides is 1. The van der Waals surface area contributed by atoms with E-state index in [1.807, 2.05) is 37.3 Å². The Kier molecular flexibility index (Phi) is 11.1. The molecule has 2 aliphatic heterocycles. The Bertz CT molecular complexity index is 1600. The van der Waals surface area contributed by atoms with Gasteiger partial charge in [0.15, 0.2) is 0 Å². The fourth-order valence-corrected chi connectivity index (χ4v) is 8.28. The molecule has 2 saturated carbocycles. The summed E-state index contributed by atoms with van der Waals surface area (Å²) in [6, 6.07) is 5.76. The summed E-state index contributed by atoms with van der Waals surface area (Å²) in [6.07, 6.45) is 10.2. The molecule has 0 aromatic heterocycles. The zero-order valence-corrected chi connectivity index (χ0v) is 29.9. The molecule has 5 rings (SSSR count). The van der Waals surface area contributed by atoms with Gasteiger partial charge in [-0.05, 0) is 64.0 Å². The molecule has 4 fully saturated rings. The Balaban J connectivity index is 1.45. The largest absolute Gasteiger partial charge is 0.497 e. The third-order valence-corrected chi connectivity index (χ3v) is 12.6. The molecule has 13 heteroatoms. The minimum Gasteiger partial charge on any atom is -0.497 e. The van der Waals surface area contributed by atoms with Crippen LogP contribution in [0.3, 0.4) is 0 Å².